The van der Waals surface area contributed by atoms with Crippen LogP contribution in [0.1, 0.15) is 33.6 Å². The third-order valence-corrected chi connectivity index (χ3v) is 5.20. The molecule has 2 atom stereocenters. The number of aliphatic hydroxyl groups excluding tert-OH is 1. The molecular weight excluding hydrogens is 228 g/mol. The van der Waals surface area contributed by atoms with E-state index in [1.807, 2.05) is 13.8 Å². The molecular formula is C15H18O3. The highest BCUT2D eigenvalue weighted by atomic mass is 16.3. The van der Waals surface area contributed by atoms with E-state index in [0.29, 0.717) is 11.1 Å². The highest BCUT2D eigenvalue weighted by molar-refractivity contribution is 6.21. The topological polar surface area (TPSA) is 54.4 Å². The number of fused-ring (bicyclic) bond motifs is 1. The van der Waals surface area contributed by atoms with Crippen LogP contribution in [0, 0.1) is 16.7 Å². The van der Waals surface area contributed by atoms with Gasteiger partial charge in [-0.3, -0.25) is 9.59 Å². The third-order valence-electron chi connectivity index (χ3n) is 5.20. The Morgan fingerprint density at radius 1 is 1.39 bits per heavy atom. The van der Waals surface area contributed by atoms with Crippen LogP contribution in [0.2, 0.25) is 0 Å². The van der Waals surface area contributed by atoms with E-state index >= 15 is 0 Å². The fourth-order valence-corrected chi connectivity index (χ4v) is 3.55. The number of ketones is 2. The standard InChI is InChI=1S/C15H18O3/c1-8-11-10(6-14(3,7-16)13(11)18)12(17)9(2)15(8)4-5-15/h6,9,16H,4-5,7H2,1-3H3/t9-,14+/m1/s1. The van der Waals surface area contributed by atoms with E-state index in [0.717, 1.165) is 18.4 Å². The molecule has 0 aliphatic heterocycles. The number of carbonyl (C=O) groups is 2. The molecule has 0 aromatic heterocycles. The van der Waals surface area contributed by atoms with Crippen molar-refractivity contribution in [3.05, 3.63) is 22.8 Å². The van der Waals surface area contributed by atoms with Crippen molar-refractivity contribution in [3.63, 3.8) is 0 Å². The zero-order chi connectivity index (χ0) is 13.3. The van der Waals surface area contributed by atoms with Crippen LogP contribution in [0.25, 0.3) is 0 Å². The molecule has 1 spiro atoms. The second-order valence-electron chi connectivity index (χ2n) is 6.20. The van der Waals surface area contributed by atoms with Crippen molar-refractivity contribution in [3.8, 4) is 0 Å². The SMILES string of the molecule is CC1=C2C(=O)[C@](C)(CO)C=C2C(=O)[C@@H](C)C12CC2. The van der Waals surface area contributed by atoms with Gasteiger partial charge in [0.15, 0.2) is 11.6 Å². The predicted molar refractivity (Wildman–Crippen MR) is 66.8 cm³/mol. The van der Waals surface area contributed by atoms with E-state index in [2.05, 4.69) is 0 Å². The van der Waals surface area contributed by atoms with E-state index in [1.54, 1.807) is 13.0 Å². The number of carbonyl (C=O) groups excluding carboxylic acids is 2. The first kappa shape index (κ1) is 11.8. The van der Waals surface area contributed by atoms with Crippen molar-refractivity contribution >= 4 is 11.6 Å². The Morgan fingerprint density at radius 2 is 2.00 bits per heavy atom. The van der Waals surface area contributed by atoms with Crippen LogP contribution in [-0.2, 0) is 9.59 Å². The lowest BCUT2D eigenvalue weighted by Crippen LogP contribution is -2.33. The van der Waals surface area contributed by atoms with Crippen LogP contribution >= 0.6 is 0 Å². The Balaban J connectivity index is 2.23. The fourth-order valence-electron chi connectivity index (χ4n) is 3.55. The van der Waals surface area contributed by atoms with E-state index in [4.69, 9.17) is 0 Å². The van der Waals surface area contributed by atoms with Gasteiger partial charge in [0.25, 0.3) is 0 Å². The molecule has 0 bridgehead atoms. The van der Waals surface area contributed by atoms with E-state index < -0.39 is 5.41 Å². The largest absolute Gasteiger partial charge is 0.395 e. The Hall–Kier alpha value is -1.22. The summed E-state index contributed by atoms with van der Waals surface area (Å²) in [6.45, 7) is 5.43. The highest BCUT2D eigenvalue weighted by Crippen LogP contribution is 2.63. The van der Waals surface area contributed by atoms with Crippen molar-refractivity contribution in [2.24, 2.45) is 16.7 Å². The third kappa shape index (κ3) is 1.13. The maximum atomic E-state index is 12.4. The van der Waals surface area contributed by atoms with Crippen molar-refractivity contribution in [2.75, 3.05) is 6.61 Å². The second kappa shape index (κ2) is 3.21. The summed E-state index contributed by atoms with van der Waals surface area (Å²) in [6.07, 6.45) is 3.69. The average Bonchev–Trinajstić information content (AvgIpc) is 3.10. The molecule has 0 unspecified atom stereocenters. The van der Waals surface area contributed by atoms with Crippen LogP contribution in [0.3, 0.4) is 0 Å². The van der Waals surface area contributed by atoms with Gasteiger partial charge in [0.05, 0.1) is 12.0 Å². The molecule has 0 saturated heterocycles. The summed E-state index contributed by atoms with van der Waals surface area (Å²) in [5.41, 5.74) is 1.27. The van der Waals surface area contributed by atoms with E-state index in [-0.39, 0.29) is 29.5 Å². The maximum Gasteiger partial charge on any atom is 0.175 e. The van der Waals surface area contributed by atoms with E-state index in [9.17, 15) is 14.7 Å². The lowest BCUT2D eigenvalue weighted by molar-refractivity contribution is -0.124. The van der Waals surface area contributed by atoms with Crippen LogP contribution in [0.4, 0.5) is 0 Å². The van der Waals surface area contributed by atoms with E-state index in [1.165, 1.54) is 0 Å². The summed E-state index contributed by atoms with van der Waals surface area (Å²) >= 11 is 0. The summed E-state index contributed by atoms with van der Waals surface area (Å²) in [6, 6.07) is 0. The zero-order valence-electron chi connectivity index (χ0n) is 11.0. The van der Waals surface area contributed by atoms with Crippen molar-refractivity contribution in [1.29, 1.82) is 0 Å². The molecule has 0 amide bonds. The smallest absolute Gasteiger partial charge is 0.175 e. The quantitative estimate of drug-likeness (QED) is 0.767. The first-order valence-electron chi connectivity index (χ1n) is 6.52. The number of allylic oxidation sites excluding steroid dienone is 3. The second-order valence-corrected chi connectivity index (χ2v) is 6.20. The van der Waals surface area contributed by atoms with Crippen molar-refractivity contribution in [2.45, 2.75) is 33.6 Å². The Labute approximate surface area is 107 Å². The lowest BCUT2D eigenvalue weighted by atomic mass is 9.71. The number of rotatable bonds is 1. The summed E-state index contributed by atoms with van der Waals surface area (Å²) < 4.78 is 0. The number of hydrogen-bond acceptors (Lipinski definition) is 3. The molecule has 1 saturated carbocycles. The van der Waals surface area contributed by atoms with Gasteiger partial charge in [-0.1, -0.05) is 18.6 Å². The summed E-state index contributed by atoms with van der Waals surface area (Å²) in [7, 11) is 0. The van der Waals surface area contributed by atoms with Gasteiger partial charge in [-0.05, 0) is 26.7 Å². The molecule has 1 fully saturated rings. The van der Waals surface area contributed by atoms with Crippen molar-refractivity contribution < 1.29 is 14.7 Å². The number of Topliss-reactive ketones (excluding diaryl/α,β-unsaturated/α-hetero) is 2. The normalized spacial score (nSPS) is 37.1. The summed E-state index contributed by atoms with van der Waals surface area (Å²) in [5.74, 6) is -0.0241. The molecule has 3 nitrogen and oxygen atoms in total. The molecule has 0 radical (unpaired) electrons. The number of aliphatic hydroxyl groups is 1. The van der Waals surface area contributed by atoms with Gasteiger partial charge in [-0.2, -0.15) is 0 Å². The Bertz CT molecular complexity index is 534. The molecule has 3 aliphatic rings. The highest BCUT2D eigenvalue weighted by Gasteiger charge is 2.59. The Morgan fingerprint density at radius 3 is 2.50 bits per heavy atom. The van der Waals surface area contributed by atoms with Gasteiger partial charge in [-0.15, -0.1) is 0 Å². The summed E-state index contributed by atoms with van der Waals surface area (Å²) in [5, 5.41) is 9.43. The molecule has 96 valence electrons. The molecule has 3 rings (SSSR count). The summed E-state index contributed by atoms with van der Waals surface area (Å²) in [4.78, 5) is 24.9. The van der Waals surface area contributed by atoms with Gasteiger partial charge >= 0.3 is 0 Å². The first-order valence-corrected chi connectivity index (χ1v) is 6.52. The molecule has 18 heavy (non-hydrogen) atoms. The molecule has 1 N–H and O–H groups in total. The minimum Gasteiger partial charge on any atom is -0.395 e. The van der Waals surface area contributed by atoms with Gasteiger partial charge in [0.1, 0.15) is 0 Å². The van der Waals surface area contributed by atoms with Crippen molar-refractivity contribution in [1.82, 2.24) is 0 Å². The van der Waals surface area contributed by atoms with Gasteiger partial charge < -0.3 is 5.11 Å². The lowest BCUT2D eigenvalue weighted by Gasteiger charge is -2.31. The Kier molecular flexibility index (Phi) is 2.11. The van der Waals surface area contributed by atoms with Crippen LogP contribution in [0.15, 0.2) is 22.8 Å². The molecule has 0 heterocycles. The minimum atomic E-state index is -0.901. The molecule has 0 aromatic rings. The molecule has 0 aromatic carbocycles. The van der Waals surface area contributed by atoms with Crippen LogP contribution < -0.4 is 0 Å². The predicted octanol–water partition coefficient (Wildman–Crippen LogP) is 1.81. The van der Waals surface area contributed by atoms with Gasteiger partial charge in [0, 0.05) is 22.5 Å². The zero-order valence-corrected chi connectivity index (χ0v) is 11.0. The minimum absolute atomic E-state index is 0.0265. The van der Waals surface area contributed by atoms with Gasteiger partial charge in [0.2, 0.25) is 0 Å². The number of hydrogen-bond donors (Lipinski definition) is 1. The van der Waals surface area contributed by atoms with Crippen LogP contribution in [-0.4, -0.2) is 23.3 Å². The van der Waals surface area contributed by atoms with Crippen LogP contribution in [0.5, 0.6) is 0 Å². The average molecular weight is 246 g/mol. The monoisotopic (exact) mass is 246 g/mol. The molecule has 3 aliphatic carbocycles. The van der Waals surface area contributed by atoms with Gasteiger partial charge in [-0.25, -0.2) is 0 Å². The first-order chi connectivity index (χ1) is 8.37. The molecule has 3 heteroatoms. The maximum absolute atomic E-state index is 12.4. The fraction of sp³-hybridized carbons (Fsp3) is 0.600.